The molecule has 0 spiro atoms. The number of benzene rings is 1. The summed E-state index contributed by atoms with van der Waals surface area (Å²) in [7, 11) is 0. The lowest BCUT2D eigenvalue weighted by Crippen LogP contribution is -2.44. The molecule has 0 atom stereocenters. The molecule has 1 aliphatic heterocycles. The third kappa shape index (κ3) is 4.93. The molecule has 1 aromatic heterocycles. The van der Waals surface area contributed by atoms with Crippen LogP contribution in [-0.4, -0.2) is 57.3 Å². The van der Waals surface area contributed by atoms with E-state index in [0.717, 1.165) is 24.1 Å². The predicted molar refractivity (Wildman–Crippen MR) is 119 cm³/mol. The Balaban J connectivity index is 1.35. The molecular formula is C24H29N5O2. The molecule has 0 saturated carbocycles. The lowest BCUT2D eigenvalue weighted by molar-refractivity contribution is -0.140. The first-order valence-corrected chi connectivity index (χ1v) is 10.9. The molecule has 2 heterocycles. The first kappa shape index (κ1) is 21.0. The van der Waals surface area contributed by atoms with Gasteiger partial charge in [-0.15, -0.1) is 6.58 Å². The summed E-state index contributed by atoms with van der Waals surface area (Å²) in [6, 6.07) is 8.84. The smallest absolute Gasteiger partial charge is 0.242 e. The largest absolute Gasteiger partial charge is 0.351 e. The summed E-state index contributed by atoms with van der Waals surface area (Å²) in [6.07, 6.45) is 6.91. The molecule has 0 saturated heterocycles. The van der Waals surface area contributed by atoms with Gasteiger partial charge in [0.1, 0.15) is 0 Å². The van der Waals surface area contributed by atoms with Crippen molar-refractivity contribution >= 4 is 17.8 Å². The van der Waals surface area contributed by atoms with Crippen molar-refractivity contribution < 1.29 is 9.59 Å². The van der Waals surface area contributed by atoms with Crippen LogP contribution in [0.3, 0.4) is 0 Å². The average Bonchev–Trinajstić information content (AvgIpc) is 3.18. The van der Waals surface area contributed by atoms with Crippen molar-refractivity contribution in [2.75, 3.05) is 25.0 Å². The van der Waals surface area contributed by atoms with Gasteiger partial charge < -0.3 is 15.1 Å². The van der Waals surface area contributed by atoms with Gasteiger partial charge in [0.25, 0.3) is 0 Å². The van der Waals surface area contributed by atoms with E-state index in [9.17, 15) is 9.59 Å². The minimum Gasteiger partial charge on any atom is -0.351 e. The van der Waals surface area contributed by atoms with E-state index in [1.807, 2.05) is 6.20 Å². The molecule has 2 amide bonds. The summed E-state index contributed by atoms with van der Waals surface area (Å²) in [5.41, 5.74) is 4.74. The zero-order chi connectivity index (χ0) is 21.8. The third-order valence-corrected chi connectivity index (χ3v) is 6.05. The van der Waals surface area contributed by atoms with Crippen molar-refractivity contribution in [1.29, 1.82) is 0 Å². The van der Waals surface area contributed by atoms with E-state index in [1.54, 1.807) is 15.9 Å². The Morgan fingerprint density at radius 1 is 1.26 bits per heavy atom. The molecule has 31 heavy (non-hydrogen) atoms. The van der Waals surface area contributed by atoms with Gasteiger partial charge in [-0.25, -0.2) is 9.97 Å². The maximum absolute atomic E-state index is 12.7. The molecule has 0 unspecified atom stereocenters. The number of rotatable bonds is 7. The van der Waals surface area contributed by atoms with Crippen molar-refractivity contribution in [2.24, 2.45) is 0 Å². The molecule has 7 heteroatoms. The molecule has 0 fully saturated rings. The van der Waals surface area contributed by atoms with Gasteiger partial charge in [0, 0.05) is 50.8 Å². The molecule has 4 rings (SSSR count). The molecule has 162 valence electrons. The Morgan fingerprint density at radius 3 is 2.68 bits per heavy atom. The van der Waals surface area contributed by atoms with Crippen molar-refractivity contribution in [1.82, 2.24) is 19.8 Å². The van der Waals surface area contributed by atoms with Gasteiger partial charge in [-0.1, -0.05) is 30.3 Å². The summed E-state index contributed by atoms with van der Waals surface area (Å²) in [6.45, 7) is 6.87. The van der Waals surface area contributed by atoms with Gasteiger partial charge in [-0.2, -0.15) is 0 Å². The Morgan fingerprint density at radius 2 is 2.00 bits per heavy atom. The van der Waals surface area contributed by atoms with Gasteiger partial charge >= 0.3 is 0 Å². The molecule has 1 aromatic carbocycles. The Labute approximate surface area is 183 Å². The number of fused-ring (bicyclic) bond motifs is 2. The number of carbonyl (C=O) groups is 2. The van der Waals surface area contributed by atoms with Crippen molar-refractivity contribution in [3.8, 4) is 0 Å². The highest BCUT2D eigenvalue weighted by Gasteiger charge is 2.26. The standard InChI is InChI=1S/C24H29N5O2/c1-3-4-10-28(17(2)30)16-23(31)29-11-9-22-20(15-29)14-25-24(27-22)26-21-12-18-7-5-6-8-19(18)13-21/h3,5-8,14,21H,1,4,9-13,15-16H2,2H3,(H,25,26,27). The van der Waals surface area contributed by atoms with E-state index in [1.165, 1.54) is 18.1 Å². The number of hydrogen-bond donors (Lipinski definition) is 1. The number of nitrogens with one attached hydrogen (secondary N) is 1. The van der Waals surface area contributed by atoms with E-state index >= 15 is 0 Å². The van der Waals surface area contributed by atoms with E-state index in [4.69, 9.17) is 4.98 Å². The topological polar surface area (TPSA) is 78.4 Å². The second-order valence-electron chi connectivity index (χ2n) is 8.27. The summed E-state index contributed by atoms with van der Waals surface area (Å²) in [5, 5.41) is 3.48. The van der Waals surface area contributed by atoms with Crippen LogP contribution in [0.25, 0.3) is 0 Å². The fourth-order valence-electron chi connectivity index (χ4n) is 4.30. The highest BCUT2D eigenvalue weighted by atomic mass is 16.2. The molecule has 1 N–H and O–H groups in total. The second-order valence-corrected chi connectivity index (χ2v) is 8.27. The Bertz CT molecular complexity index is 965. The predicted octanol–water partition coefficient (Wildman–Crippen LogP) is 2.37. The van der Waals surface area contributed by atoms with Crippen LogP contribution < -0.4 is 5.32 Å². The molecule has 0 bridgehead atoms. The van der Waals surface area contributed by atoms with Crippen molar-refractivity contribution in [2.45, 2.75) is 45.2 Å². The fourth-order valence-corrected chi connectivity index (χ4v) is 4.30. The van der Waals surface area contributed by atoms with Crippen LogP contribution in [-0.2, 0) is 35.4 Å². The van der Waals surface area contributed by atoms with E-state index < -0.39 is 0 Å². The number of amides is 2. The van der Waals surface area contributed by atoms with Crippen LogP contribution in [0.2, 0.25) is 0 Å². The number of anilines is 1. The molecule has 2 aromatic rings. The number of carbonyl (C=O) groups excluding carboxylic acids is 2. The Hall–Kier alpha value is -3.22. The highest BCUT2D eigenvalue weighted by molar-refractivity contribution is 5.84. The van der Waals surface area contributed by atoms with Crippen LogP contribution in [0.15, 0.2) is 43.1 Å². The molecule has 0 radical (unpaired) electrons. The van der Waals surface area contributed by atoms with Crippen LogP contribution in [0, 0.1) is 0 Å². The lowest BCUT2D eigenvalue weighted by atomic mass is 10.1. The van der Waals surface area contributed by atoms with E-state index in [-0.39, 0.29) is 18.4 Å². The maximum Gasteiger partial charge on any atom is 0.242 e. The van der Waals surface area contributed by atoms with Gasteiger partial charge in [0.15, 0.2) is 0 Å². The zero-order valence-corrected chi connectivity index (χ0v) is 18.0. The highest BCUT2D eigenvalue weighted by Crippen LogP contribution is 2.24. The Kier molecular flexibility index (Phi) is 6.30. The first-order chi connectivity index (χ1) is 15.0. The van der Waals surface area contributed by atoms with Crippen LogP contribution in [0.5, 0.6) is 0 Å². The van der Waals surface area contributed by atoms with Crippen LogP contribution in [0.1, 0.15) is 35.7 Å². The number of hydrogen-bond acceptors (Lipinski definition) is 5. The summed E-state index contributed by atoms with van der Waals surface area (Å²) < 4.78 is 0. The summed E-state index contributed by atoms with van der Waals surface area (Å²) in [5.74, 6) is 0.514. The normalized spacial score (nSPS) is 15.2. The number of nitrogens with zero attached hydrogens (tertiary/aromatic N) is 4. The third-order valence-electron chi connectivity index (χ3n) is 6.05. The average molecular weight is 420 g/mol. The maximum atomic E-state index is 12.7. The molecule has 7 nitrogen and oxygen atoms in total. The quantitative estimate of drug-likeness (QED) is 0.697. The van der Waals surface area contributed by atoms with E-state index in [2.05, 4.69) is 41.1 Å². The summed E-state index contributed by atoms with van der Waals surface area (Å²) >= 11 is 0. The second kappa shape index (κ2) is 9.29. The monoisotopic (exact) mass is 419 g/mol. The lowest BCUT2D eigenvalue weighted by Gasteiger charge is -2.30. The SMILES string of the molecule is C=CCCN(CC(=O)N1CCc2nc(NC3Cc4ccccc4C3)ncc2C1)C(C)=O. The van der Waals surface area contributed by atoms with Gasteiger partial charge in [-0.05, 0) is 30.4 Å². The minimum atomic E-state index is -0.0966. The number of aromatic nitrogens is 2. The van der Waals surface area contributed by atoms with Gasteiger partial charge in [-0.3, -0.25) is 9.59 Å². The molecule has 2 aliphatic rings. The molecule has 1 aliphatic carbocycles. The van der Waals surface area contributed by atoms with Gasteiger partial charge in [0.05, 0.1) is 12.2 Å². The van der Waals surface area contributed by atoms with Crippen LogP contribution >= 0.6 is 0 Å². The minimum absolute atomic E-state index is 0.0455. The first-order valence-electron chi connectivity index (χ1n) is 10.9. The molecular weight excluding hydrogens is 390 g/mol. The van der Waals surface area contributed by atoms with Crippen LogP contribution in [0.4, 0.5) is 5.95 Å². The summed E-state index contributed by atoms with van der Waals surface area (Å²) in [4.78, 5) is 37.1. The van der Waals surface area contributed by atoms with Gasteiger partial charge in [0.2, 0.25) is 17.8 Å². The van der Waals surface area contributed by atoms with Crippen molar-refractivity contribution in [3.05, 3.63) is 65.5 Å². The van der Waals surface area contributed by atoms with Crippen molar-refractivity contribution in [3.63, 3.8) is 0 Å². The fraction of sp³-hybridized carbons (Fsp3) is 0.417. The zero-order valence-electron chi connectivity index (χ0n) is 18.0. The van der Waals surface area contributed by atoms with E-state index in [0.29, 0.717) is 44.5 Å².